The highest BCUT2D eigenvalue weighted by molar-refractivity contribution is 6.31. The second kappa shape index (κ2) is 9.53. The predicted molar refractivity (Wildman–Crippen MR) is 133 cm³/mol. The van der Waals surface area contributed by atoms with Crippen LogP contribution in [-0.4, -0.2) is 59.8 Å². The Kier molecular flexibility index (Phi) is 6.78. The number of carbonyl (C=O) groups excluding carboxylic acids is 1. The highest BCUT2D eigenvalue weighted by Gasteiger charge is 2.37. The van der Waals surface area contributed by atoms with E-state index < -0.39 is 23.9 Å². The van der Waals surface area contributed by atoms with Gasteiger partial charge in [0.2, 0.25) is 5.91 Å². The summed E-state index contributed by atoms with van der Waals surface area (Å²) < 4.78 is 37.6. The van der Waals surface area contributed by atoms with Crippen LogP contribution in [0.25, 0.3) is 11.0 Å². The quantitative estimate of drug-likeness (QED) is 0.512. The number of nitrogens with zero attached hydrogens (tertiary/aromatic N) is 3. The van der Waals surface area contributed by atoms with E-state index in [2.05, 4.69) is 25.6 Å². The molecule has 1 aliphatic heterocycles. The number of rotatable bonds is 7. The normalized spacial score (nSPS) is 19.4. The van der Waals surface area contributed by atoms with Gasteiger partial charge in [0.05, 0.1) is 31.7 Å². The Balaban J connectivity index is 1.80. The van der Waals surface area contributed by atoms with Crippen LogP contribution < -0.4 is 10.6 Å². The molecule has 0 saturated heterocycles. The molecule has 0 radical (unpaired) electrons. The number of alkyl halides is 2. The Morgan fingerprint density at radius 2 is 2.06 bits per heavy atom. The molecule has 4 rings (SSSR count). The number of aromatic nitrogens is 2. The first-order chi connectivity index (χ1) is 16.9. The number of pyridine rings is 1. The summed E-state index contributed by atoms with van der Waals surface area (Å²) in [6, 6.07) is 1.77. The Morgan fingerprint density at radius 3 is 2.72 bits per heavy atom. The summed E-state index contributed by atoms with van der Waals surface area (Å²) in [5.74, 6) is -2.13. The molecule has 9 nitrogen and oxygen atoms in total. The topological polar surface area (TPSA) is 113 Å². The molecular formula is C24H27ClF2N6O3. The van der Waals surface area contributed by atoms with Crippen molar-refractivity contribution in [2.75, 3.05) is 20.8 Å². The van der Waals surface area contributed by atoms with Crippen molar-refractivity contribution in [3.05, 3.63) is 52.3 Å². The SMILES string of the molecule is COC1=C(OC)CC2C(=C1)NC(c1c[nH]c3ncc(Cl)cc13)=NC2=NC(C)(C)C(=O)NCC(C)(F)F. The van der Waals surface area contributed by atoms with Crippen LogP contribution in [0.3, 0.4) is 0 Å². The van der Waals surface area contributed by atoms with E-state index in [0.717, 1.165) is 18.0 Å². The zero-order chi connectivity index (χ0) is 26.3. The van der Waals surface area contributed by atoms with Gasteiger partial charge in [0, 0.05) is 48.5 Å². The fourth-order valence-electron chi connectivity index (χ4n) is 3.98. The molecule has 1 atom stereocenters. The summed E-state index contributed by atoms with van der Waals surface area (Å²) in [5.41, 5.74) is 0.676. The molecule has 1 amide bonds. The highest BCUT2D eigenvalue weighted by Crippen LogP contribution is 2.34. The lowest BCUT2D eigenvalue weighted by molar-refractivity contribution is -0.126. The van der Waals surface area contributed by atoms with Crippen LogP contribution in [0.4, 0.5) is 8.78 Å². The zero-order valence-corrected chi connectivity index (χ0v) is 21.3. The molecule has 36 heavy (non-hydrogen) atoms. The number of halogens is 3. The monoisotopic (exact) mass is 520 g/mol. The number of ether oxygens (including phenoxy) is 2. The van der Waals surface area contributed by atoms with E-state index in [9.17, 15) is 13.6 Å². The fraction of sp³-hybridized carbons (Fsp3) is 0.417. The third-order valence-electron chi connectivity index (χ3n) is 5.86. The first-order valence-electron chi connectivity index (χ1n) is 11.2. The molecule has 12 heteroatoms. The number of amides is 1. The van der Waals surface area contributed by atoms with Gasteiger partial charge in [-0.25, -0.2) is 18.8 Å². The zero-order valence-electron chi connectivity index (χ0n) is 20.5. The van der Waals surface area contributed by atoms with Crippen molar-refractivity contribution < 1.29 is 23.0 Å². The molecule has 3 heterocycles. The van der Waals surface area contributed by atoms with E-state index in [0.29, 0.717) is 45.8 Å². The van der Waals surface area contributed by atoms with Crippen molar-refractivity contribution >= 4 is 40.2 Å². The van der Waals surface area contributed by atoms with E-state index in [1.807, 2.05) is 0 Å². The summed E-state index contributed by atoms with van der Waals surface area (Å²) in [6.45, 7) is 3.05. The Bertz CT molecular complexity index is 1320. The van der Waals surface area contributed by atoms with Gasteiger partial charge in [0.1, 0.15) is 28.6 Å². The maximum absolute atomic E-state index is 13.3. The number of hydrogen-bond acceptors (Lipinski definition) is 6. The first kappa shape index (κ1) is 25.6. The average molecular weight is 521 g/mol. The smallest absolute Gasteiger partial charge is 0.262 e. The minimum absolute atomic E-state index is 0.340. The largest absolute Gasteiger partial charge is 0.497 e. The van der Waals surface area contributed by atoms with E-state index in [1.54, 1.807) is 46.4 Å². The number of nitrogens with one attached hydrogen (secondary N) is 3. The van der Waals surface area contributed by atoms with Crippen molar-refractivity contribution in [2.45, 2.75) is 38.7 Å². The number of methoxy groups -OCH3 is 2. The molecule has 2 aliphatic rings. The molecule has 192 valence electrons. The highest BCUT2D eigenvalue weighted by atomic mass is 35.5. The summed E-state index contributed by atoms with van der Waals surface area (Å²) in [4.78, 5) is 29.6. The fourth-order valence-corrected chi connectivity index (χ4v) is 4.14. The van der Waals surface area contributed by atoms with Crippen LogP contribution >= 0.6 is 11.6 Å². The molecule has 0 aromatic carbocycles. The van der Waals surface area contributed by atoms with Gasteiger partial charge in [-0.05, 0) is 19.9 Å². The Morgan fingerprint density at radius 1 is 1.31 bits per heavy atom. The molecule has 3 N–H and O–H groups in total. The van der Waals surface area contributed by atoms with Crippen molar-refractivity contribution in [3.8, 4) is 0 Å². The van der Waals surface area contributed by atoms with Gasteiger partial charge < -0.3 is 25.1 Å². The number of aliphatic imine (C=N–C) groups is 2. The third kappa shape index (κ3) is 5.20. The molecule has 2 aromatic heterocycles. The summed E-state index contributed by atoms with van der Waals surface area (Å²) in [7, 11) is 3.09. The molecule has 0 spiro atoms. The molecule has 1 unspecified atom stereocenters. The molecule has 0 bridgehead atoms. The van der Waals surface area contributed by atoms with Crippen molar-refractivity contribution in [1.82, 2.24) is 20.6 Å². The van der Waals surface area contributed by atoms with Gasteiger partial charge in [0.15, 0.2) is 5.76 Å². The molecular weight excluding hydrogens is 494 g/mol. The van der Waals surface area contributed by atoms with Crippen LogP contribution in [0, 0.1) is 5.92 Å². The second-order valence-electron chi connectivity index (χ2n) is 9.17. The molecule has 2 aromatic rings. The number of hydrogen-bond donors (Lipinski definition) is 3. The maximum atomic E-state index is 13.3. The number of aromatic amines is 1. The summed E-state index contributed by atoms with van der Waals surface area (Å²) in [6.07, 6.45) is 5.45. The van der Waals surface area contributed by atoms with Crippen LogP contribution in [0.1, 0.15) is 32.8 Å². The Hall–Kier alpha value is -3.47. The second-order valence-corrected chi connectivity index (χ2v) is 9.61. The third-order valence-corrected chi connectivity index (χ3v) is 6.06. The standard InChI is InChI=1S/C24H27ClF2N6O3/c1-23(2,22(34)30-11-24(3,26)27)33-21-14-7-17(35-4)18(36-5)8-16(14)31-20(32-21)15-10-29-19-13(15)6-12(25)9-28-19/h6,8-10,14H,7,11H2,1-5H3,(H,28,29)(H,30,34)(H,31,32,33). The minimum atomic E-state index is -3.04. The lowest BCUT2D eigenvalue weighted by Gasteiger charge is -2.32. The van der Waals surface area contributed by atoms with E-state index >= 15 is 0 Å². The van der Waals surface area contributed by atoms with E-state index in [-0.39, 0.29) is 5.92 Å². The molecule has 0 saturated carbocycles. The van der Waals surface area contributed by atoms with Crippen molar-refractivity contribution in [3.63, 3.8) is 0 Å². The van der Waals surface area contributed by atoms with Gasteiger partial charge in [-0.15, -0.1) is 0 Å². The van der Waals surface area contributed by atoms with Gasteiger partial charge >= 0.3 is 0 Å². The van der Waals surface area contributed by atoms with Crippen molar-refractivity contribution in [2.24, 2.45) is 15.9 Å². The van der Waals surface area contributed by atoms with Crippen LogP contribution in [0.15, 0.2) is 51.7 Å². The minimum Gasteiger partial charge on any atom is -0.497 e. The lowest BCUT2D eigenvalue weighted by atomic mass is 9.90. The maximum Gasteiger partial charge on any atom is 0.262 e. The van der Waals surface area contributed by atoms with Gasteiger partial charge in [-0.2, -0.15) is 0 Å². The number of H-pyrrole nitrogens is 1. The predicted octanol–water partition coefficient (Wildman–Crippen LogP) is 3.92. The van der Waals surface area contributed by atoms with Crippen LogP contribution in [-0.2, 0) is 14.3 Å². The number of allylic oxidation sites excluding steroid dienone is 2. The Labute approximate surface area is 211 Å². The lowest BCUT2D eigenvalue weighted by Crippen LogP contribution is -2.46. The van der Waals surface area contributed by atoms with E-state index in [4.69, 9.17) is 26.1 Å². The number of amidine groups is 2. The van der Waals surface area contributed by atoms with Gasteiger partial charge in [-0.3, -0.25) is 9.79 Å². The molecule has 1 aliphatic carbocycles. The summed E-state index contributed by atoms with van der Waals surface area (Å²) >= 11 is 6.17. The van der Waals surface area contributed by atoms with Crippen LogP contribution in [0.5, 0.6) is 0 Å². The van der Waals surface area contributed by atoms with E-state index in [1.165, 1.54) is 6.20 Å². The number of carbonyl (C=O) groups is 1. The van der Waals surface area contributed by atoms with Crippen LogP contribution in [0.2, 0.25) is 5.02 Å². The van der Waals surface area contributed by atoms with Crippen molar-refractivity contribution in [1.29, 1.82) is 0 Å². The number of fused-ring (bicyclic) bond motifs is 2. The molecule has 0 fully saturated rings. The average Bonchev–Trinajstić information content (AvgIpc) is 3.23. The summed E-state index contributed by atoms with van der Waals surface area (Å²) in [5, 5.41) is 6.81. The van der Waals surface area contributed by atoms with Gasteiger partial charge in [-0.1, -0.05) is 11.6 Å². The van der Waals surface area contributed by atoms with Gasteiger partial charge in [0.25, 0.3) is 5.92 Å². The first-order valence-corrected chi connectivity index (χ1v) is 11.6.